The molecule has 6 nitrogen and oxygen atoms in total. The van der Waals surface area contributed by atoms with Crippen LogP contribution < -0.4 is 0 Å². The maximum atomic E-state index is 11.7. The maximum Gasteiger partial charge on any atom is 0.336 e. The molecule has 0 atom stereocenters. The van der Waals surface area contributed by atoms with E-state index in [9.17, 15) is 9.90 Å². The number of carboxylic acid groups (broad SMARTS) is 1. The standard InChI is InChI=1S/C31H26N4O2/c1-3-28-34-29-19(2)16-22(30-32-25-10-6-7-11-26(25)33-30)17-27(29)35(28)18-20-12-14-21(15-13-20)23-8-4-5-9-24(23)31(36)37/h4-17H,3,18H2,1-2H3,(H,32,33)(H,36,37). The summed E-state index contributed by atoms with van der Waals surface area (Å²) < 4.78 is 2.27. The molecule has 0 spiro atoms. The van der Waals surface area contributed by atoms with E-state index in [0.717, 1.165) is 68.0 Å². The molecule has 0 saturated carbocycles. The molecule has 0 unspecified atom stereocenters. The van der Waals surface area contributed by atoms with Crippen LogP contribution in [0, 0.1) is 6.92 Å². The van der Waals surface area contributed by atoms with Gasteiger partial charge in [0.05, 0.1) is 27.6 Å². The zero-order valence-corrected chi connectivity index (χ0v) is 20.7. The van der Waals surface area contributed by atoms with Crippen molar-refractivity contribution in [2.45, 2.75) is 26.8 Å². The molecule has 2 N–H and O–H groups in total. The SMILES string of the molecule is CCc1nc2c(C)cc(-c3nc4ccccc4[nH]3)cc2n1Cc1ccc(-c2ccccc2C(=O)O)cc1. The Morgan fingerprint density at radius 2 is 1.68 bits per heavy atom. The van der Waals surface area contributed by atoms with E-state index >= 15 is 0 Å². The van der Waals surface area contributed by atoms with Crippen molar-refractivity contribution in [2.75, 3.05) is 0 Å². The number of aromatic amines is 1. The maximum absolute atomic E-state index is 11.7. The molecule has 0 fully saturated rings. The number of rotatable bonds is 6. The number of carboxylic acids is 1. The lowest BCUT2D eigenvalue weighted by atomic mass is 9.98. The van der Waals surface area contributed by atoms with E-state index in [1.165, 1.54) is 0 Å². The number of imidazole rings is 2. The molecule has 6 rings (SSSR count). The second kappa shape index (κ2) is 9.06. The topological polar surface area (TPSA) is 83.8 Å². The molecule has 0 bridgehead atoms. The van der Waals surface area contributed by atoms with Crippen molar-refractivity contribution in [3.05, 3.63) is 107 Å². The van der Waals surface area contributed by atoms with E-state index in [0.29, 0.717) is 12.1 Å². The van der Waals surface area contributed by atoms with Gasteiger partial charge in [-0.3, -0.25) is 0 Å². The normalized spacial score (nSPS) is 11.4. The van der Waals surface area contributed by atoms with Crippen LogP contribution in [0.25, 0.3) is 44.6 Å². The van der Waals surface area contributed by atoms with Crippen LogP contribution in [0.4, 0.5) is 0 Å². The number of carbonyl (C=O) groups is 1. The molecule has 0 radical (unpaired) electrons. The molecule has 6 heteroatoms. The number of fused-ring (bicyclic) bond motifs is 2. The van der Waals surface area contributed by atoms with E-state index in [4.69, 9.17) is 9.97 Å². The fourth-order valence-electron chi connectivity index (χ4n) is 5.01. The third kappa shape index (κ3) is 4.06. The van der Waals surface area contributed by atoms with Crippen LogP contribution in [0.15, 0.2) is 84.9 Å². The fraction of sp³-hybridized carbons (Fsp3) is 0.129. The molecule has 0 amide bonds. The van der Waals surface area contributed by atoms with E-state index < -0.39 is 5.97 Å². The van der Waals surface area contributed by atoms with Crippen LogP contribution in [0.2, 0.25) is 0 Å². The van der Waals surface area contributed by atoms with Gasteiger partial charge >= 0.3 is 5.97 Å². The van der Waals surface area contributed by atoms with Crippen LogP contribution in [0.1, 0.15) is 34.2 Å². The van der Waals surface area contributed by atoms with Crippen LogP contribution in [0.5, 0.6) is 0 Å². The second-order valence-electron chi connectivity index (χ2n) is 9.28. The zero-order valence-electron chi connectivity index (χ0n) is 20.7. The van der Waals surface area contributed by atoms with Crippen LogP contribution in [-0.4, -0.2) is 30.6 Å². The van der Waals surface area contributed by atoms with E-state index in [2.05, 4.69) is 47.7 Å². The molecule has 4 aromatic carbocycles. The van der Waals surface area contributed by atoms with Gasteiger partial charge in [0.25, 0.3) is 0 Å². The number of nitrogens with zero attached hydrogens (tertiary/aromatic N) is 3. The Balaban J connectivity index is 1.39. The van der Waals surface area contributed by atoms with Crippen LogP contribution in [0.3, 0.4) is 0 Å². The molecule has 2 aromatic heterocycles. The smallest absolute Gasteiger partial charge is 0.336 e. The summed E-state index contributed by atoms with van der Waals surface area (Å²) in [6.07, 6.45) is 0.818. The van der Waals surface area contributed by atoms with E-state index in [1.54, 1.807) is 12.1 Å². The van der Waals surface area contributed by atoms with Gasteiger partial charge in [-0.2, -0.15) is 0 Å². The Morgan fingerprint density at radius 1 is 0.919 bits per heavy atom. The summed E-state index contributed by atoms with van der Waals surface area (Å²) >= 11 is 0. The summed E-state index contributed by atoms with van der Waals surface area (Å²) in [7, 11) is 0. The fourth-order valence-corrected chi connectivity index (χ4v) is 5.01. The highest BCUT2D eigenvalue weighted by Gasteiger charge is 2.16. The largest absolute Gasteiger partial charge is 0.478 e. The average molecular weight is 487 g/mol. The van der Waals surface area contributed by atoms with Gasteiger partial charge in [-0.25, -0.2) is 14.8 Å². The summed E-state index contributed by atoms with van der Waals surface area (Å²) in [6.45, 7) is 4.89. The van der Waals surface area contributed by atoms with Crippen molar-refractivity contribution in [3.63, 3.8) is 0 Å². The molecule has 2 heterocycles. The lowest BCUT2D eigenvalue weighted by Crippen LogP contribution is -2.04. The first-order valence-corrected chi connectivity index (χ1v) is 12.4. The second-order valence-corrected chi connectivity index (χ2v) is 9.28. The Labute approximate surface area is 214 Å². The number of nitrogens with one attached hydrogen (secondary N) is 1. The van der Waals surface area contributed by atoms with Crippen molar-refractivity contribution in [1.29, 1.82) is 0 Å². The van der Waals surface area contributed by atoms with Crippen molar-refractivity contribution in [1.82, 2.24) is 19.5 Å². The number of aromatic carboxylic acids is 1. The lowest BCUT2D eigenvalue weighted by Gasteiger charge is -2.11. The first-order chi connectivity index (χ1) is 18.0. The van der Waals surface area contributed by atoms with Gasteiger partial charge in [0, 0.05) is 18.5 Å². The molecule has 0 aliphatic heterocycles. The molecule has 37 heavy (non-hydrogen) atoms. The predicted molar refractivity (Wildman–Crippen MR) is 147 cm³/mol. The third-order valence-electron chi connectivity index (χ3n) is 6.87. The number of aryl methyl sites for hydroxylation is 2. The minimum Gasteiger partial charge on any atom is -0.478 e. The van der Waals surface area contributed by atoms with Gasteiger partial charge < -0.3 is 14.7 Å². The molecular formula is C31H26N4O2. The van der Waals surface area contributed by atoms with Gasteiger partial charge in [-0.05, 0) is 59.5 Å². The highest BCUT2D eigenvalue weighted by Crippen LogP contribution is 2.30. The molecule has 0 saturated heterocycles. The Kier molecular flexibility index (Phi) is 5.57. The Hall–Kier alpha value is -4.71. The zero-order chi connectivity index (χ0) is 25.5. The first-order valence-electron chi connectivity index (χ1n) is 12.4. The van der Waals surface area contributed by atoms with Crippen LogP contribution in [-0.2, 0) is 13.0 Å². The number of aromatic nitrogens is 4. The van der Waals surface area contributed by atoms with Crippen molar-refractivity contribution in [2.24, 2.45) is 0 Å². The van der Waals surface area contributed by atoms with E-state index in [1.807, 2.05) is 48.5 Å². The minimum absolute atomic E-state index is 0.303. The summed E-state index contributed by atoms with van der Waals surface area (Å²) in [4.78, 5) is 24.9. The van der Waals surface area contributed by atoms with Crippen LogP contribution >= 0.6 is 0 Å². The lowest BCUT2D eigenvalue weighted by molar-refractivity contribution is 0.0697. The molecule has 182 valence electrons. The molecule has 0 aliphatic rings. The number of para-hydroxylation sites is 2. The quantitative estimate of drug-likeness (QED) is 0.269. The van der Waals surface area contributed by atoms with Gasteiger partial charge in [0.15, 0.2) is 0 Å². The number of H-pyrrole nitrogens is 1. The van der Waals surface area contributed by atoms with Gasteiger partial charge in [0.2, 0.25) is 0 Å². The van der Waals surface area contributed by atoms with Gasteiger partial charge in [0.1, 0.15) is 11.6 Å². The predicted octanol–water partition coefficient (Wildman–Crippen LogP) is 6.86. The van der Waals surface area contributed by atoms with Gasteiger partial charge in [-0.1, -0.05) is 61.5 Å². The monoisotopic (exact) mass is 486 g/mol. The van der Waals surface area contributed by atoms with Crippen molar-refractivity contribution in [3.8, 4) is 22.5 Å². The average Bonchev–Trinajstić information content (AvgIpc) is 3.51. The highest BCUT2D eigenvalue weighted by molar-refractivity contribution is 5.96. The van der Waals surface area contributed by atoms with E-state index in [-0.39, 0.29) is 0 Å². The first kappa shape index (κ1) is 22.7. The Bertz CT molecular complexity index is 1740. The summed E-state index contributed by atoms with van der Waals surface area (Å²) in [5.41, 5.74) is 9.22. The Morgan fingerprint density at radius 3 is 2.43 bits per heavy atom. The molecular weight excluding hydrogens is 460 g/mol. The van der Waals surface area contributed by atoms with Gasteiger partial charge in [-0.15, -0.1) is 0 Å². The van der Waals surface area contributed by atoms with Crippen molar-refractivity contribution >= 4 is 28.0 Å². The highest BCUT2D eigenvalue weighted by atomic mass is 16.4. The third-order valence-corrected chi connectivity index (χ3v) is 6.87. The number of benzene rings is 4. The number of hydrogen-bond donors (Lipinski definition) is 2. The molecule has 6 aromatic rings. The summed E-state index contributed by atoms with van der Waals surface area (Å²) in [6, 6.07) is 27.6. The summed E-state index contributed by atoms with van der Waals surface area (Å²) in [5, 5.41) is 9.56. The minimum atomic E-state index is -0.923. The number of hydrogen-bond acceptors (Lipinski definition) is 3. The van der Waals surface area contributed by atoms with Crippen molar-refractivity contribution < 1.29 is 9.90 Å². The summed E-state index contributed by atoms with van der Waals surface area (Å²) in [5.74, 6) is 0.950. The molecule has 0 aliphatic carbocycles.